The van der Waals surface area contributed by atoms with Gasteiger partial charge in [-0.15, -0.1) is 10.2 Å². The van der Waals surface area contributed by atoms with E-state index in [4.69, 9.17) is 16.0 Å². The predicted molar refractivity (Wildman–Crippen MR) is 87.0 cm³/mol. The summed E-state index contributed by atoms with van der Waals surface area (Å²) in [6, 6.07) is 11.6. The molecule has 0 radical (unpaired) electrons. The molecular formula is C14H12ClN3OS2. The average molecular weight is 338 g/mol. The highest BCUT2D eigenvalue weighted by molar-refractivity contribution is 8.00. The smallest absolute Gasteiger partial charge is 0.206 e. The van der Waals surface area contributed by atoms with E-state index in [-0.39, 0.29) is 0 Å². The molecule has 1 N–H and O–H groups in total. The van der Waals surface area contributed by atoms with Gasteiger partial charge < -0.3 is 9.73 Å². The first kappa shape index (κ1) is 14.4. The van der Waals surface area contributed by atoms with E-state index < -0.39 is 0 Å². The summed E-state index contributed by atoms with van der Waals surface area (Å²) >= 11 is 9.29. The monoisotopic (exact) mass is 337 g/mol. The highest BCUT2D eigenvalue weighted by Crippen LogP contribution is 2.30. The molecule has 0 aliphatic heterocycles. The van der Waals surface area contributed by atoms with Gasteiger partial charge in [-0.25, -0.2) is 0 Å². The molecule has 4 nitrogen and oxygen atoms in total. The van der Waals surface area contributed by atoms with Crippen LogP contribution in [0.3, 0.4) is 0 Å². The maximum Gasteiger partial charge on any atom is 0.206 e. The van der Waals surface area contributed by atoms with Crippen LogP contribution in [0.25, 0.3) is 0 Å². The van der Waals surface area contributed by atoms with E-state index in [1.807, 2.05) is 36.4 Å². The predicted octanol–water partition coefficient (Wildman–Crippen LogP) is 4.69. The molecule has 1 aromatic carbocycles. The standard InChI is InChI=1S/C14H12ClN3OS2/c15-12-6-2-1-4-10(12)9-20-14-18-17-13(21-14)16-8-11-5-3-7-19-11/h1-7H,8-9H2,(H,16,17). The molecule has 21 heavy (non-hydrogen) atoms. The molecule has 2 heterocycles. The number of halogens is 1. The molecule has 0 bridgehead atoms. The summed E-state index contributed by atoms with van der Waals surface area (Å²) in [6.07, 6.45) is 1.65. The van der Waals surface area contributed by atoms with Crippen LogP contribution < -0.4 is 5.32 Å². The number of thioether (sulfide) groups is 1. The van der Waals surface area contributed by atoms with Crippen LogP contribution in [-0.2, 0) is 12.3 Å². The molecular weight excluding hydrogens is 326 g/mol. The van der Waals surface area contributed by atoms with Gasteiger partial charge >= 0.3 is 0 Å². The Morgan fingerprint density at radius 2 is 2.10 bits per heavy atom. The van der Waals surface area contributed by atoms with Crippen molar-refractivity contribution in [2.24, 2.45) is 0 Å². The zero-order chi connectivity index (χ0) is 14.5. The van der Waals surface area contributed by atoms with E-state index in [1.165, 1.54) is 11.3 Å². The van der Waals surface area contributed by atoms with E-state index in [1.54, 1.807) is 18.0 Å². The highest BCUT2D eigenvalue weighted by Gasteiger charge is 2.07. The molecule has 0 fully saturated rings. The minimum atomic E-state index is 0.608. The molecule has 3 rings (SSSR count). The first-order chi connectivity index (χ1) is 10.3. The molecule has 7 heteroatoms. The summed E-state index contributed by atoms with van der Waals surface area (Å²) in [7, 11) is 0. The first-order valence-electron chi connectivity index (χ1n) is 6.27. The van der Waals surface area contributed by atoms with Crippen molar-refractivity contribution in [3.05, 3.63) is 59.0 Å². The van der Waals surface area contributed by atoms with Crippen LogP contribution >= 0.6 is 34.7 Å². The molecule has 108 valence electrons. The van der Waals surface area contributed by atoms with Crippen molar-refractivity contribution in [1.29, 1.82) is 0 Å². The van der Waals surface area contributed by atoms with Gasteiger partial charge in [-0.2, -0.15) is 0 Å². The number of hydrogen-bond acceptors (Lipinski definition) is 6. The lowest BCUT2D eigenvalue weighted by Gasteiger charge is -2.00. The maximum absolute atomic E-state index is 6.13. The van der Waals surface area contributed by atoms with Crippen molar-refractivity contribution in [3.8, 4) is 0 Å². The summed E-state index contributed by atoms with van der Waals surface area (Å²) in [6.45, 7) is 0.608. The van der Waals surface area contributed by atoms with E-state index in [2.05, 4.69) is 15.5 Å². The van der Waals surface area contributed by atoms with Crippen molar-refractivity contribution >= 4 is 39.8 Å². The van der Waals surface area contributed by atoms with Gasteiger partial charge in [0.15, 0.2) is 4.34 Å². The van der Waals surface area contributed by atoms with Crippen molar-refractivity contribution in [3.63, 3.8) is 0 Å². The van der Waals surface area contributed by atoms with Gasteiger partial charge in [0, 0.05) is 10.8 Å². The van der Waals surface area contributed by atoms with Crippen molar-refractivity contribution in [1.82, 2.24) is 10.2 Å². The van der Waals surface area contributed by atoms with Crippen LogP contribution in [0.1, 0.15) is 11.3 Å². The summed E-state index contributed by atoms with van der Waals surface area (Å²) in [5.41, 5.74) is 1.10. The van der Waals surface area contributed by atoms with Crippen LogP contribution in [-0.4, -0.2) is 10.2 Å². The zero-order valence-corrected chi connectivity index (χ0v) is 13.3. The lowest BCUT2D eigenvalue weighted by atomic mass is 10.2. The average Bonchev–Trinajstić information content (AvgIpc) is 3.16. The molecule has 0 atom stereocenters. The Hall–Kier alpha value is -1.50. The Bertz CT molecular complexity index is 700. The van der Waals surface area contributed by atoms with Crippen LogP contribution in [0, 0.1) is 0 Å². The number of nitrogens with one attached hydrogen (secondary N) is 1. The van der Waals surface area contributed by atoms with Gasteiger partial charge in [0.1, 0.15) is 5.76 Å². The topological polar surface area (TPSA) is 51.0 Å². The van der Waals surface area contributed by atoms with Crippen molar-refractivity contribution in [2.75, 3.05) is 5.32 Å². The number of furan rings is 1. The largest absolute Gasteiger partial charge is 0.467 e. The molecule has 0 aliphatic carbocycles. The number of rotatable bonds is 6. The van der Waals surface area contributed by atoms with Crippen molar-refractivity contribution < 1.29 is 4.42 Å². The summed E-state index contributed by atoms with van der Waals surface area (Å²) in [5.74, 6) is 1.66. The fourth-order valence-electron chi connectivity index (χ4n) is 1.67. The van der Waals surface area contributed by atoms with E-state index in [0.717, 1.165) is 31.6 Å². The summed E-state index contributed by atoms with van der Waals surface area (Å²) < 4.78 is 6.17. The van der Waals surface area contributed by atoms with Crippen LogP contribution in [0.2, 0.25) is 5.02 Å². The third kappa shape index (κ3) is 4.00. The second-order valence-electron chi connectivity index (χ2n) is 4.19. The van der Waals surface area contributed by atoms with E-state index in [0.29, 0.717) is 6.54 Å². The van der Waals surface area contributed by atoms with E-state index >= 15 is 0 Å². The Kier molecular flexibility index (Phi) is 4.80. The maximum atomic E-state index is 6.13. The van der Waals surface area contributed by atoms with Gasteiger partial charge in [-0.3, -0.25) is 0 Å². The number of hydrogen-bond donors (Lipinski definition) is 1. The van der Waals surface area contributed by atoms with Crippen molar-refractivity contribution in [2.45, 2.75) is 16.6 Å². The number of benzene rings is 1. The fraction of sp³-hybridized carbons (Fsp3) is 0.143. The first-order valence-corrected chi connectivity index (χ1v) is 8.45. The third-order valence-corrected chi connectivity index (χ3v) is 5.14. The third-order valence-electron chi connectivity index (χ3n) is 2.71. The normalized spacial score (nSPS) is 10.7. The zero-order valence-electron chi connectivity index (χ0n) is 11.0. The number of anilines is 1. The molecule has 0 saturated heterocycles. The second-order valence-corrected chi connectivity index (χ2v) is 6.79. The Morgan fingerprint density at radius 3 is 2.90 bits per heavy atom. The molecule has 3 aromatic rings. The lowest BCUT2D eigenvalue weighted by molar-refractivity contribution is 0.518. The van der Waals surface area contributed by atoms with Crippen LogP contribution in [0.5, 0.6) is 0 Å². The molecule has 0 aliphatic rings. The van der Waals surface area contributed by atoms with Gasteiger partial charge in [0.25, 0.3) is 0 Å². The van der Waals surface area contributed by atoms with Gasteiger partial charge in [0.2, 0.25) is 5.13 Å². The quantitative estimate of drug-likeness (QED) is 0.661. The number of aromatic nitrogens is 2. The van der Waals surface area contributed by atoms with Gasteiger partial charge in [-0.05, 0) is 23.8 Å². The molecule has 0 spiro atoms. The Balaban J connectivity index is 1.54. The summed E-state index contributed by atoms with van der Waals surface area (Å²) in [5, 5.41) is 13.0. The second kappa shape index (κ2) is 6.98. The minimum Gasteiger partial charge on any atom is -0.467 e. The van der Waals surface area contributed by atoms with Gasteiger partial charge in [-0.1, -0.05) is 52.9 Å². The lowest BCUT2D eigenvalue weighted by Crippen LogP contribution is -1.96. The molecule has 0 amide bonds. The minimum absolute atomic E-state index is 0.608. The Labute approximate surface area is 135 Å². The molecule has 2 aromatic heterocycles. The SMILES string of the molecule is Clc1ccccc1CSc1nnc(NCc2ccco2)s1. The van der Waals surface area contributed by atoms with Crippen LogP contribution in [0.15, 0.2) is 51.4 Å². The highest BCUT2D eigenvalue weighted by atomic mass is 35.5. The van der Waals surface area contributed by atoms with Gasteiger partial charge in [0.05, 0.1) is 12.8 Å². The summed E-state index contributed by atoms with van der Waals surface area (Å²) in [4.78, 5) is 0. The number of nitrogens with zero attached hydrogens (tertiary/aromatic N) is 2. The molecule has 0 unspecified atom stereocenters. The fourth-order valence-corrected chi connectivity index (χ4v) is 3.70. The van der Waals surface area contributed by atoms with E-state index in [9.17, 15) is 0 Å². The molecule has 0 saturated carbocycles. The Morgan fingerprint density at radius 1 is 1.19 bits per heavy atom. The van der Waals surface area contributed by atoms with Crippen LogP contribution in [0.4, 0.5) is 5.13 Å².